The van der Waals surface area contributed by atoms with E-state index in [0.29, 0.717) is 24.3 Å². The summed E-state index contributed by atoms with van der Waals surface area (Å²) in [6.07, 6.45) is 0.784. The van der Waals surface area contributed by atoms with Gasteiger partial charge >= 0.3 is 0 Å². The Morgan fingerprint density at radius 2 is 2.00 bits per heavy atom. The van der Waals surface area contributed by atoms with Crippen molar-refractivity contribution in [1.29, 1.82) is 0 Å². The molecular weight excluding hydrogens is 218 g/mol. The number of carbonyl (C=O) groups is 2. The van der Waals surface area contributed by atoms with Crippen LogP contribution in [-0.2, 0) is 4.79 Å². The number of carbonyl (C=O) groups excluding carboxylic acids is 2. The smallest absolute Gasteiger partial charge is 0.254 e. The van der Waals surface area contributed by atoms with Crippen LogP contribution < -0.4 is 11.1 Å². The van der Waals surface area contributed by atoms with E-state index < -0.39 is 0 Å². The molecule has 1 aromatic rings. The Labute approximate surface area is 99.6 Å². The van der Waals surface area contributed by atoms with Gasteiger partial charge in [0.1, 0.15) is 0 Å². The van der Waals surface area contributed by atoms with Crippen molar-refractivity contribution in [2.75, 3.05) is 25.4 Å². The second kappa shape index (κ2) is 4.86. The average molecular weight is 233 g/mol. The van der Waals surface area contributed by atoms with Gasteiger partial charge in [-0.15, -0.1) is 0 Å². The van der Waals surface area contributed by atoms with Crippen molar-refractivity contribution in [3.05, 3.63) is 29.8 Å². The number of nitrogens with two attached hydrogens (primary N) is 1. The highest BCUT2D eigenvalue weighted by Crippen LogP contribution is 2.09. The average Bonchev–Trinajstić information content (AvgIpc) is 2.54. The maximum absolute atomic E-state index is 12.1. The third kappa shape index (κ3) is 2.75. The summed E-state index contributed by atoms with van der Waals surface area (Å²) < 4.78 is 0. The number of rotatable bonds is 1. The fourth-order valence-corrected chi connectivity index (χ4v) is 1.79. The molecule has 0 aromatic heterocycles. The Morgan fingerprint density at radius 3 is 2.71 bits per heavy atom. The minimum atomic E-state index is -0.123. The van der Waals surface area contributed by atoms with Crippen molar-refractivity contribution in [1.82, 2.24) is 10.2 Å². The van der Waals surface area contributed by atoms with Crippen molar-refractivity contribution in [3.8, 4) is 0 Å². The Balaban J connectivity index is 2.13. The molecule has 0 atom stereocenters. The summed E-state index contributed by atoms with van der Waals surface area (Å²) >= 11 is 0. The molecule has 0 aliphatic carbocycles. The first-order chi connectivity index (χ1) is 8.16. The van der Waals surface area contributed by atoms with Gasteiger partial charge in [0.15, 0.2) is 0 Å². The lowest BCUT2D eigenvalue weighted by Crippen LogP contribution is -2.37. The second-order valence-corrected chi connectivity index (χ2v) is 4.05. The fourth-order valence-electron chi connectivity index (χ4n) is 1.79. The van der Waals surface area contributed by atoms with E-state index in [1.165, 1.54) is 0 Å². The predicted molar refractivity (Wildman–Crippen MR) is 64.4 cm³/mol. The molecule has 0 unspecified atom stereocenters. The molecule has 1 aliphatic heterocycles. The minimum absolute atomic E-state index is 0.105. The molecule has 2 rings (SSSR count). The molecule has 2 amide bonds. The quantitative estimate of drug-likeness (QED) is 0.682. The van der Waals surface area contributed by atoms with Gasteiger partial charge in [-0.3, -0.25) is 9.59 Å². The number of amides is 2. The standard InChI is InChI=1S/C12H15N3O2/c13-10-4-2-9(3-5-10)12(17)15-7-1-6-14-11(16)8-15/h2-5H,1,6-8,13H2,(H,14,16). The van der Waals surface area contributed by atoms with Gasteiger partial charge in [-0.25, -0.2) is 0 Å². The molecule has 1 aliphatic rings. The van der Waals surface area contributed by atoms with Crippen LogP contribution in [0.3, 0.4) is 0 Å². The third-order valence-corrected chi connectivity index (χ3v) is 2.71. The maximum atomic E-state index is 12.1. The van der Waals surface area contributed by atoms with Crippen LogP contribution in [0.4, 0.5) is 5.69 Å². The monoisotopic (exact) mass is 233 g/mol. The Hall–Kier alpha value is -2.04. The Morgan fingerprint density at radius 1 is 1.29 bits per heavy atom. The van der Waals surface area contributed by atoms with E-state index in [-0.39, 0.29) is 18.4 Å². The molecule has 0 saturated carbocycles. The van der Waals surface area contributed by atoms with E-state index in [4.69, 9.17) is 5.73 Å². The van der Waals surface area contributed by atoms with E-state index in [0.717, 1.165) is 6.42 Å². The zero-order chi connectivity index (χ0) is 12.3. The van der Waals surface area contributed by atoms with E-state index in [9.17, 15) is 9.59 Å². The fraction of sp³-hybridized carbons (Fsp3) is 0.333. The summed E-state index contributed by atoms with van der Waals surface area (Å²) in [6, 6.07) is 6.73. The van der Waals surface area contributed by atoms with Crippen LogP contribution in [0.2, 0.25) is 0 Å². The number of hydrogen-bond acceptors (Lipinski definition) is 3. The largest absolute Gasteiger partial charge is 0.399 e. The van der Waals surface area contributed by atoms with Gasteiger partial charge in [-0.1, -0.05) is 0 Å². The number of nitrogens with one attached hydrogen (secondary N) is 1. The molecule has 3 N–H and O–H groups in total. The summed E-state index contributed by atoms with van der Waals surface area (Å²) in [5, 5.41) is 2.74. The summed E-state index contributed by atoms with van der Waals surface area (Å²) in [6.45, 7) is 1.36. The van der Waals surface area contributed by atoms with Crippen LogP contribution in [0.25, 0.3) is 0 Å². The van der Waals surface area contributed by atoms with Crippen molar-refractivity contribution >= 4 is 17.5 Å². The number of benzene rings is 1. The molecule has 1 saturated heterocycles. The first-order valence-electron chi connectivity index (χ1n) is 5.58. The normalized spacial score (nSPS) is 16.2. The van der Waals surface area contributed by atoms with Crippen LogP contribution >= 0.6 is 0 Å². The molecule has 17 heavy (non-hydrogen) atoms. The van der Waals surface area contributed by atoms with Gasteiger partial charge in [0.2, 0.25) is 5.91 Å². The molecule has 90 valence electrons. The molecule has 5 heteroatoms. The van der Waals surface area contributed by atoms with Crippen LogP contribution in [0.15, 0.2) is 24.3 Å². The molecule has 0 spiro atoms. The van der Waals surface area contributed by atoms with E-state index in [1.54, 1.807) is 29.2 Å². The lowest BCUT2D eigenvalue weighted by molar-refractivity contribution is -0.121. The summed E-state index contributed by atoms with van der Waals surface area (Å²) in [4.78, 5) is 25.0. The van der Waals surface area contributed by atoms with Gasteiger partial charge in [0.25, 0.3) is 5.91 Å². The van der Waals surface area contributed by atoms with Gasteiger partial charge < -0.3 is 16.0 Å². The van der Waals surface area contributed by atoms with Crippen LogP contribution in [-0.4, -0.2) is 36.3 Å². The number of nitrogen functional groups attached to an aromatic ring is 1. The summed E-state index contributed by atoms with van der Waals surface area (Å²) in [5.41, 5.74) is 6.75. The molecule has 1 fully saturated rings. The lowest BCUT2D eigenvalue weighted by atomic mass is 10.2. The zero-order valence-corrected chi connectivity index (χ0v) is 9.48. The number of hydrogen-bond donors (Lipinski definition) is 2. The molecule has 5 nitrogen and oxygen atoms in total. The first kappa shape index (κ1) is 11.4. The van der Waals surface area contributed by atoms with Crippen molar-refractivity contribution < 1.29 is 9.59 Å². The van der Waals surface area contributed by atoms with Gasteiger partial charge in [-0.05, 0) is 30.7 Å². The Bertz CT molecular complexity index is 428. The third-order valence-electron chi connectivity index (χ3n) is 2.71. The lowest BCUT2D eigenvalue weighted by Gasteiger charge is -2.18. The molecule has 1 heterocycles. The van der Waals surface area contributed by atoms with E-state index >= 15 is 0 Å². The topological polar surface area (TPSA) is 75.4 Å². The van der Waals surface area contributed by atoms with Crippen molar-refractivity contribution in [2.45, 2.75) is 6.42 Å². The zero-order valence-electron chi connectivity index (χ0n) is 9.48. The highest BCUT2D eigenvalue weighted by molar-refractivity contribution is 5.96. The minimum Gasteiger partial charge on any atom is -0.399 e. The summed E-state index contributed by atoms with van der Waals surface area (Å²) in [7, 11) is 0. The van der Waals surface area contributed by atoms with E-state index in [2.05, 4.69) is 5.32 Å². The molecular formula is C12H15N3O2. The number of nitrogens with zero attached hydrogens (tertiary/aromatic N) is 1. The highest BCUT2D eigenvalue weighted by Gasteiger charge is 2.20. The number of anilines is 1. The van der Waals surface area contributed by atoms with Gasteiger partial charge in [0, 0.05) is 24.3 Å². The van der Waals surface area contributed by atoms with Crippen molar-refractivity contribution in [2.24, 2.45) is 0 Å². The maximum Gasteiger partial charge on any atom is 0.254 e. The predicted octanol–water partition coefficient (Wildman–Crippen LogP) is 0.231. The molecule has 0 radical (unpaired) electrons. The van der Waals surface area contributed by atoms with Crippen LogP contribution in [0.5, 0.6) is 0 Å². The van der Waals surface area contributed by atoms with Crippen LogP contribution in [0, 0.1) is 0 Å². The van der Waals surface area contributed by atoms with Gasteiger partial charge in [-0.2, -0.15) is 0 Å². The highest BCUT2D eigenvalue weighted by atomic mass is 16.2. The first-order valence-corrected chi connectivity index (χ1v) is 5.58. The van der Waals surface area contributed by atoms with Crippen molar-refractivity contribution in [3.63, 3.8) is 0 Å². The second-order valence-electron chi connectivity index (χ2n) is 4.05. The SMILES string of the molecule is Nc1ccc(C(=O)N2CCCNC(=O)C2)cc1. The Kier molecular flexibility index (Phi) is 3.27. The molecule has 1 aromatic carbocycles. The van der Waals surface area contributed by atoms with Crippen LogP contribution in [0.1, 0.15) is 16.8 Å². The summed E-state index contributed by atoms with van der Waals surface area (Å²) in [5.74, 6) is -0.228. The molecule has 0 bridgehead atoms. The van der Waals surface area contributed by atoms with E-state index in [1.807, 2.05) is 0 Å². The van der Waals surface area contributed by atoms with Gasteiger partial charge in [0.05, 0.1) is 6.54 Å².